The second kappa shape index (κ2) is 25.9. The lowest BCUT2D eigenvalue weighted by atomic mass is 9.88. The maximum atomic E-state index is 12.5. The van der Waals surface area contributed by atoms with E-state index in [4.69, 9.17) is 9.47 Å². The molecule has 0 bridgehead atoms. The molecule has 1 heterocycles. The van der Waals surface area contributed by atoms with Gasteiger partial charge in [0, 0.05) is 41.4 Å². The maximum absolute atomic E-state index is 12.5. The van der Waals surface area contributed by atoms with Gasteiger partial charge in [-0.15, -0.1) is 0 Å². The van der Waals surface area contributed by atoms with Crippen LogP contribution < -0.4 is 5.32 Å². The van der Waals surface area contributed by atoms with Crippen LogP contribution in [0.5, 0.6) is 0 Å². The molecule has 6 N–H and O–H groups in total. The second-order valence-electron chi connectivity index (χ2n) is 11.3. The van der Waals surface area contributed by atoms with Crippen molar-refractivity contribution >= 4 is 5.91 Å². The molecule has 0 saturated carbocycles. The standard InChI is InChI=1S/C42H35NO8/c1-5-6-7-8-9-10-11-12-13-14-15-16-17-18-19-20-21-22-23-24-25-26-27-30-37(46)43-34(35(45)29-28-31-42(2,3)4)33-50-41-40(49)39(48)38(47)36(32-44)51-41/h34-36,38-41,44-45,47-49H,28-29,31-33H2,1-4H3,(H,43,46)/t34-,35+,36?,38-,39-,40?,41+/m0/s1. The highest BCUT2D eigenvalue weighted by Gasteiger charge is 2.44. The van der Waals surface area contributed by atoms with Crippen LogP contribution in [0.3, 0.4) is 0 Å². The van der Waals surface area contributed by atoms with Crippen LogP contribution in [0.15, 0.2) is 0 Å². The number of nitrogens with one attached hydrogen (secondary N) is 1. The zero-order valence-corrected chi connectivity index (χ0v) is 28.5. The average molecular weight is 682 g/mol. The molecule has 9 heteroatoms. The van der Waals surface area contributed by atoms with Crippen LogP contribution in [0.4, 0.5) is 0 Å². The molecule has 1 rings (SSSR count). The Labute approximate surface area is 301 Å². The van der Waals surface area contributed by atoms with Gasteiger partial charge in [0.15, 0.2) is 6.29 Å². The zero-order valence-electron chi connectivity index (χ0n) is 28.5. The normalized spacial score (nSPS) is 18.5. The van der Waals surface area contributed by atoms with Crippen LogP contribution in [-0.4, -0.2) is 87.5 Å². The van der Waals surface area contributed by atoms with E-state index in [-0.39, 0.29) is 12.0 Å². The summed E-state index contributed by atoms with van der Waals surface area (Å²) in [5.74, 6) is 58.6. The fraction of sp³-hybridized carbons (Fsp3) is 0.405. The van der Waals surface area contributed by atoms with Gasteiger partial charge in [0.1, 0.15) is 24.4 Å². The quantitative estimate of drug-likeness (QED) is 0.169. The Morgan fingerprint density at radius 1 is 0.706 bits per heavy atom. The highest BCUT2D eigenvalue weighted by atomic mass is 16.7. The van der Waals surface area contributed by atoms with E-state index in [2.05, 4.69) is 168 Å². The van der Waals surface area contributed by atoms with Gasteiger partial charge < -0.3 is 40.3 Å². The van der Waals surface area contributed by atoms with Gasteiger partial charge in [-0.05, 0) is 120 Å². The molecule has 0 spiro atoms. The molecule has 9 nitrogen and oxygen atoms in total. The van der Waals surface area contributed by atoms with Crippen molar-refractivity contribution in [3.63, 3.8) is 0 Å². The van der Waals surface area contributed by atoms with Gasteiger partial charge in [0.25, 0.3) is 5.91 Å². The number of carbonyl (C=O) groups excluding carboxylic acids is 1. The Bertz CT molecular complexity index is 2000. The summed E-state index contributed by atoms with van der Waals surface area (Å²) in [6.45, 7) is 6.91. The monoisotopic (exact) mass is 681 g/mol. The molecule has 1 aliphatic rings. The largest absolute Gasteiger partial charge is 0.394 e. The van der Waals surface area contributed by atoms with Crippen molar-refractivity contribution in [2.24, 2.45) is 5.41 Å². The highest BCUT2D eigenvalue weighted by molar-refractivity contribution is 5.94. The molecular formula is C42H35NO8. The number of ether oxygens (including phenoxy) is 2. The molecule has 1 aliphatic heterocycles. The third-order valence-electron chi connectivity index (χ3n) is 6.11. The first-order valence-corrected chi connectivity index (χ1v) is 15.3. The van der Waals surface area contributed by atoms with E-state index in [0.717, 1.165) is 6.42 Å². The third-order valence-corrected chi connectivity index (χ3v) is 6.11. The molecule has 0 aliphatic carbocycles. The third kappa shape index (κ3) is 20.8. The van der Waals surface area contributed by atoms with Crippen LogP contribution >= 0.6 is 0 Å². The van der Waals surface area contributed by atoms with Crippen LogP contribution in [0.25, 0.3) is 0 Å². The Kier molecular flexibility index (Phi) is 21.8. The van der Waals surface area contributed by atoms with Crippen LogP contribution in [0.1, 0.15) is 47.0 Å². The van der Waals surface area contributed by atoms with Gasteiger partial charge in [0.05, 0.1) is 25.4 Å². The van der Waals surface area contributed by atoms with Crippen LogP contribution in [0.2, 0.25) is 0 Å². The van der Waals surface area contributed by atoms with E-state index in [9.17, 15) is 30.3 Å². The van der Waals surface area contributed by atoms with Crippen molar-refractivity contribution in [1.82, 2.24) is 5.32 Å². The molecule has 1 saturated heterocycles. The van der Waals surface area contributed by atoms with Crippen molar-refractivity contribution in [2.45, 2.75) is 89.8 Å². The van der Waals surface area contributed by atoms with E-state index in [1.807, 2.05) is 0 Å². The Morgan fingerprint density at radius 3 is 1.55 bits per heavy atom. The number of aliphatic hydroxyl groups excluding tert-OH is 5. The topological polar surface area (TPSA) is 149 Å². The summed E-state index contributed by atoms with van der Waals surface area (Å²) in [6, 6.07) is -0.975. The Morgan fingerprint density at radius 2 is 1.14 bits per heavy atom. The number of rotatable bonds is 9. The molecule has 1 amide bonds. The van der Waals surface area contributed by atoms with E-state index in [1.54, 1.807) is 6.92 Å². The van der Waals surface area contributed by atoms with E-state index in [0.29, 0.717) is 12.8 Å². The predicted molar refractivity (Wildman–Crippen MR) is 190 cm³/mol. The molecule has 256 valence electrons. The average Bonchev–Trinajstić information content (AvgIpc) is 3.09. The van der Waals surface area contributed by atoms with Crippen molar-refractivity contribution < 1.29 is 39.8 Å². The van der Waals surface area contributed by atoms with Gasteiger partial charge in [-0.25, -0.2) is 0 Å². The summed E-state index contributed by atoms with van der Waals surface area (Å²) in [5.41, 5.74) is 0.0351. The summed E-state index contributed by atoms with van der Waals surface area (Å²) in [7, 11) is 0. The van der Waals surface area contributed by atoms with Crippen molar-refractivity contribution in [1.29, 1.82) is 0 Å². The number of hydrogen-bond acceptors (Lipinski definition) is 8. The van der Waals surface area contributed by atoms with E-state index in [1.165, 1.54) is 0 Å². The van der Waals surface area contributed by atoms with Gasteiger partial charge >= 0.3 is 0 Å². The lowest BCUT2D eigenvalue weighted by Gasteiger charge is -2.40. The van der Waals surface area contributed by atoms with Gasteiger partial charge in [-0.2, -0.15) is 0 Å². The summed E-state index contributed by atoms with van der Waals surface area (Å²) < 4.78 is 10.9. The summed E-state index contributed by atoms with van der Waals surface area (Å²) in [4.78, 5) is 12.5. The molecule has 1 fully saturated rings. The summed E-state index contributed by atoms with van der Waals surface area (Å²) in [6.07, 6.45) is -6.70. The maximum Gasteiger partial charge on any atom is 0.297 e. The minimum absolute atomic E-state index is 0.0351. The molecule has 0 aromatic carbocycles. The first kappa shape index (κ1) is 42.9. The summed E-state index contributed by atoms with van der Waals surface area (Å²) in [5, 5.41) is 53.0. The van der Waals surface area contributed by atoms with Crippen LogP contribution in [0, 0.1) is 148 Å². The molecular weight excluding hydrogens is 646 g/mol. The van der Waals surface area contributed by atoms with E-state index < -0.39 is 55.4 Å². The SMILES string of the molecule is CC#CC#CC#CC#CC#CC#CC#CC#CC#CC#CC#CC#CC(=O)N[C@@H](CO[C@@H]1OC(CO)[C@H](O)[C@H](O)C1O)[C@H](O)CCCC(C)(C)C. The minimum atomic E-state index is -1.64. The first-order chi connectivity index (χ1) is 24.5. The van der Waals surface area contributed by atoms with Crippen molar-refractivity contribution in [3.8, 4) is 142 Å². The number of amides is 1. The van der Waals surface area contributed by atoms with Gasteiger partial charge in [0.2, 0.25) is 0 Å². The Balaban J connectivity index is 2.73. The molecule has 0 aromatic heterocycles. The second-order valence-corrected chi connectivity index (χ2v) is 11.3. The lowest BCUT2D eigenvalue weighted by Crippen LogP contribution is -2.60. The lowest BCUT2D eigenvalue weighted by molar-refractivity contribution is -0.302. The van der Waals surface area contributed by atoms with E-state index >= 15 is 0 Å². The van der Waals surface area contributed by atoms with Crippen LogP contribution in [-0.2, 0) is 14.3 Å². The zero-order chi connectivity index (χ0) is 37.7. The van der Waals surface area contributed by atoms with Crippen molar-refractivity contribution in [2.75, 3.05) is 13.2 Å². The van der Waals surface area contributed by atoms with Crippen molar-refractivity contribution in [3.05, 3.63) is 0 Å². The van der Waals surface area contributed by atoms with Gasteiger partial charge in [-0.1, -0.05) is 33.1 Å². The number of carbonyl (C=O) groups is 1. The number of hydrogen-bond donors (Lipinski definition) is 6. The molecule has 0 aromatic rings. The smallest absolute Gasteiger partial charge is 0.297 e. The minimum Gasteiger partial charge on any atom is -0.394 e. The molecule has 2 unspecified atom stereocenters. The molecule has 7 atom stereocenters. The molecule has 51 heavy (non-hydrogen) atoms. The molecule has 0 radical (unpaired) electrons. The fourth-order valence-corrected chi connectivity index (χ4v) is 3.68. The van der Waals surface area contributed by atoms with Gasteiger partial charge in [-0.3, -0.25) is 4.79 Å². The fourth-order valence-electron chi connectivity index (χ4n) is 3.68. The highest BCUT2D eigenvalue weighted by Crippen LogP contribution is 2.24. The Hall–Kier alpha value is -6.09. The number of aliphatic hydroxyl groups is 5. The first-order valence-electron chi connectivity index (χ1n) is 15.3. The predicted octanol–water partition coefficient (Wildman–Crippen LogP) is -1.07. The summed E-state index contributed by atoms with van der Waals surface area (Å²) >= 11 is 0.